The van der Waals surface area contributed by atoms with E-state index in [0.29, 0.717) is 5.89 Å². The van der Waals surface area contributed by atoms with E-state index < -0.39 is 0 Å². The summed E-state index contributed by atoms with van der Waals surface area (Å²) in [6.45, 7) is 1.91. The lowest BCUT2D eigenvalue weighted by molar-refractivity contribution is 0.573. The Labute approximate surface area is 139 Å². The molecule has 0 saturated heterocycles. The molecule has 0 saturated carbocycles. The number of hydrogen-bond donors (Lipinski definition) is 0. The number of oxazole rings is 1. The Morgan fingerprint density at radius 1 is 0.833 bits per heavy atom. The molecule has 4 heteroatoms. The van der Waals surface area contributed by atoms with E-state index in [1.165, 1.54) is 0 Å². The van der Waals surface area contributed by atoms with Crippen LogP contribution in [0.4, 0.5) is 0 Å². The van der Waals surface area contributed by atoms with Gasteiger partial charge in [-0.05, 0) is 12.5 Å². The Morgan fingerprint density at radius 2 is 1.50 bits per heavy atom. The van der Waals surface area contributed by atoms with Crippen molar-refractivity contribution in [1.29, 1.82) is 0 Å². The normalized spacial score (nSPS) is 10.7. The third kappa shape index (κ3) is 2.58. The number of hydrogen-bond acceptors (Lipinski definition) is 4. The van der Waals surface area contributed by atoms with Crippen LogP contribution in [-0.4, -0.2) is 15.2 Å². The topological polar surface area (TPSA) is 51.8 Å². The first-order chi connectivity index (χ1) is 11.8. The summed E-state index contributed by atoms with van der Waals surface area (Å²) in [5.41, 5.74) is 5.43. The smallest absolute Gasteiger partial charge is 0.229 e. The Morgan fingerprint density at radius 3 is 2.12 bits per heavy atom. The molecule has 2 heterocycles. The number of nitrogens with zero attached hydrogens (tertiary/aromatic N) is 3. The van der Waals surface area contributed by atoms with Gasteiger partial charge < -0.3 is 4.42 Å². The first kappa shape index (κ1) is 14.3. The van der Waals surface area contributed by atoms with Crippen molar-refractivity contribution in [2.45, 2.75) is 6.92 Å². The van der Waals surface area contributed by atoms with Crippen LogP contribution in [0.2, 0.25) is 0 Å². The Kier molecular flexibility index (Phi) is 3.63. The molecule has 116 valence electrons. The van der Waals surface area contributed by atoms with E-state index in [9.17, 15) is 0 Å². The van der Waals surface area contributed by atoms with Gasteiger partial charge in [0.25, 0.3) is 0 Å². The summed E-state index contributed by atoms with van der Waals surface area (Å²) in [6.07, 6.45) is 3.41. The number of rotatable bonds is 3. The van der Waals surface area contributed by atoms with Crippen molar-refractivity contribution in [1.82, 2.24) is 15.2 Å². The third-order valence-electron chi connectivity index (χ3n) is 3.82. The van der Waals surface area contributed by atoms with Gasteiger partial charge in [0.05, 0.1) is 17.5 Å². The summed E-state index contributed by atoms with van der Waals surface area (Å²) in [4.78, 5) is 4.52. The molecular formula is C20H15N3O. The molecule has 0 aliphatic heterocycles. The molecule has 2 aromatic carbocycles. The SMILES string of the molecule is Cc1coc(-c2c(-c3ccccc3)cnnc2-c2ccccc2)n1. The summed E-state index contributed by atoms with van der Waals surface area (Å²) >= 11 is 0. The van der Waals surface area contributed by atoms with Crippen LogP contribution in [0.3, 0.4) is 0 Å². The molecule has 0 aliphatic rings. The molecule has 4 nitrogen and oxygen atoms in total. The van der Waals surface area contributed by atoms with Gasteiger partial charge in [-0.15, -0.1) is 5.10 Å². The van der Waals surface area contributed by atoms with Crippen LogP contribution >= 0.6 is 0 Å². The standard InChI is InChI=1S/C20H15N3O/c1-14-13-24-20(22-14)18-17(15-8-4-2-5-9-15)12-21-23-19(18)16-10-6-3-7-11-16/h2-13H,1H3. The molecule has 4 aromatic rings. The van der Waals surface area contributed by atoms with Gasteiger partial charge in [0.15, 0.2) is 0 Å². The van der Waals surface area contributed by atoms with E-state index in [0.717, 1.165) is 33.6 Å². The molecule has 2 aromatic heterocycles. The lowest BCUT2D eigenvalue weighted by atomic mass is 9.97. The molecule has 4 rings (SSSR count). The summed E-state index contributed by atoms with van der Waals surface area (Å²) in [6, 6.07) is 20.1. The van der Waals surface area contributed by atoms with Crippen LogP contribution in [0.25, 0.3) is 33.8 Å². The maximum Gasteiger partial charge on any atom is 0.229 e. The molecule has 0 N–H and O–H groups in total. The lowest BCUT2D eigenvalue weighted by Crippen LogP contribution is -1.96. The van der Waals surface area contributed by atoms with E-state index in [1.807, 2.05) is 67.6 Å². The fourth-order valence-electron chi connectivity index (χ4n) is 2.71. The first-order valence-electron chi connectivity index (χ1n) is 7.72. The van der Waals surface area contributed by atoms with E-state index in [4.69, 9.17) is 4.42 Å². The van der Waals surface area contributed by atoms with Crippen LogP contribution in [0.1, 0.15) is 5.69 Å². The van der Waals surface area contributed by atoms with E-state index >= 15 is 0 Å². The van der Waals surface area contributed by atoms with Crippen LogP contribution in [-0.2, 0) is 0 Å². The molecule has 24 heavy (non-hydrogen) atoms. The van der Waals surface area contributed by atoms with Crippen LogP contribution in [0.15, 0.2) is 77.5 Å². The molecule has 0 amide bonds. The molecule has 0 bridgehead atoms. The highest BCUT2D eigenvalue weighted by Gasteiger charge is 2.19. The maximum atomic E-state index is 5.70. The molecular weight excluding hydrogens is 298 g/mol. The van der Waals surface area contributed by atoms with Crippen molar-refractivity contribution in [2.24, 2.45) is 0 Å². The van der Waals surface area contributed by atoms with E-state index in [1.54, 1.807) is 12.5 Å². The Bertz CT molecular complexity index is 905. The van der Waals surface area contributed by atoms with Gasteiger partial charge in [-0.25, -0.2) is 4.98 Å². The highest BCUT2D eigenvalue weighted by Crippen LogP contribution is 2.37. The predicted octanol–water partition coefficient (Wildman–Crippen LogP) is 4.77. The van der Waals surface area contributed by atoms with Crippen LogP contribution in [0, 0.1) is 6.92 Å². The second-order valence-corrected chi connectivity index (χ2v) is 5.51. The minimum atomic E-state index is 0.556. The van der Waals surface area contributed by atoms with Gasteiger partial charge >= 0.3 is 0 Å². The first-order valence-corrected chi connectivity index (χ1v) is 7.72. The minimum absolute atomic E-state index is 0.556. The Hall–Kier alpha value is -3.27. The highest BCUT2D eigenvalue weighted by atomic mass is 16.3. The summed E-state index contributed by atoms with van der Waals surface area (Å²) in [5.74, 6) is 0.556. The average molecular weight is 313 g/mol. The summed E-state index contributed by atoms with van der Waals surface area (Å²) in [5, 5.41) is 8.58. The summed E-state index contributed by atoms with van der Waals surface area (Å²) in [7, 11) is 0. The van der Waals surface area contributed by atoms with Crippen molar-refractivity contribution >= 4 is 0 Å². The number of aromatic nitrogens is 3. The quantitative estimate of drug-likeness (QED) is 0.546. The second kappa shape index (κ2) is 6.08. The van der Waals surface area contributed by atoms with Gasteiger partial charge in [-0.1, -0.05) is 60.7 Å². The molecule has 0 radical (unpaired) electrons. The van der Waals surface area contributed by atoms with Crippen molar-refractivity contribution in [3.63, 3.8) is 0 Å². The second-order valence-electron chi connectivity index (χ2n) is 5.51. The van der Waals surface area contributed by atoms with Crippen molar-refractivity contribution in [3.8, 4) is 33.8 Å². The van der Waals surface area contributed by atoms with Gasteiger partial charge in [-0.3, -0.25) is 0 Å². The van der Waals surface area contributed by atoms with E-state index in [2.05, 4.69) is 15.2 Å². The fourth-order valence-corrected chi connectivity index (χ4v) is 2.71. The van der Waals surface area contributed by atoms with Gasteiger partial charge in [0.2, 0.25) is 5.89 Å². The summed E-state index contributed by atoms with van der Waals surface area (Å²) < 4.78 is 5.70. The minimum Gasteiger partial charge on any atom is -0.444 e. The third-order valence-corrected chi connectivity index (χ3v) is 3.82. The predicted molar refractivity (Wildman–Crippen MR) is 93.1 cm³/mol. The van der Waals surface area contributed by atoms with Gasteiger partial charge in [0.1, 0.15) is 12.0 Å². The van der Waals surface area contributed by atoms with Gasteiger partial charge in [-0.2, -0.15) is 5.10 Å². The molecule has 0 aliphatic carbocycles. The monoisotopic (exact) mass is 313 g/mol. The maximum absolute atomic E-state index is 5.70. The zero-order valence-electron chi connectivity index (χ0n) is 13.2. The molecule has 0 unspecified atom stereocenters. The average Bonchev–Trinajstić information content (AvgIpc) is 3.08. The van der Waals surface area contributed by atoms with Crippen molar-refractivity contribution in [3.05, 3.63) is 78.8 Å². The Balaban J connectivity index is 2.02. The zero-order chi connectivity index (χ0) is 16.4. The highest BCUT2D eigenvalue weighted by molar-refractivity contribution is 5.89. The van der Waals surface area contributed by atoms with Crippen LogP contribution < -0.4 is 0 Å². The fraction of sp³-hybridized carbons (Fsp3) is 0.0500. The molecule has 0 atom stereocenters. The van der Waals surface area contributed by atoms with Gasteiger partial charge in [0, 0.05) is 11.1 Å². The van der Waals surface area contributed by atoms with Crippen LogP contribution in [0.5, 0.6) is 0 Å². The van der Waals surface area contributed by atoms with Crippen molar-refractivity contribution < 1.29 is 4.42 Å². The molecule has 0 fully saturated rings. The number of benzene rings is 2. The lowest BCUT2D eigenvalue weighted by Gasteiger charge is -2.11. The van der Waals surface area contributed by atoms with E-state index in [-0.39, 0.29) is 0 Å². The van der Waals surface area contributed by atoms with Crippen molar-refractivity contribution in [2.75, 3.05) is 0 Å². The zero-order valence-corrected chi connectivity index (χ0v) is 13.2. The largest absolute Gasteiger partial charge is 0.444 e. The molecule has 0 spiro atoms. The number of aryl methyl sites for hydroxylation is 1.